The summed E-state index contributed by atoms with van der Waals surface area (Å²) in [6, 6.07) is 29.7. The van der Waals surface area contributed by atoms with Gasteiger partial charge in [0.25, 0.3) is 10.0 Å². The molecule has 5 rings (SSSR count). The van der Waals surface area contributed by atoms with Gasteiger partial charge in [-0.25, -0.2) is 4.68 Å². The van der Waals surface area contributed by atoms with Crippen molar-refractivity contribution in [3.05, 3.63) is 125 Å². The van der Waals surface area contributed by atoms with Gasteiger partial charge in [-0.05, 0) is 50.6 Å². The van der Waals surface area contributed by atoms with E-state index in [4.69, 9.17) is 0 Å². The van der Waals surface area contributed by atoms with Crippen molar-refractivity contribution in [1.82, 2.24) is 19.8 Å². The van der Waals surface area contributed by atoms with Crippen LogP contribution in [0.1, 0.15) is 33.9 Å². The van der Waals surface area contributed by atoms with Crippen molar-refractivity contribution in [3.63, 3.8) is 0 Å². The lowest BCUT2D eigenvalue weighted by molar-refractivity contribution is 0.582. The highest BCUT2D eigenvalue weighted by atomic mass is 32.2. The molecule has 0 saturated heterocycles. The number of nitrogens with one attached hydrogen (secondary N) is 1. The molecule has 0 bridgehead atoms. The molecular weight excluding hydrogens is 482 g/mol. The molecule has 1 aromatic heterocycles. The van der Waals surface area contributed by atoms with Gasteiger partial charge in [0, 0.05) is 5.56 Å². The summed E-state index contributed by atoms with van der Waals surface area (Å²) in [4.78, 5) is 2.62. The predicted molar refractivity (Wildman–Crippen MR) is 146 cm³/mol. The summed E-state index contributed by atoms with van der Waals surface area (Å²) in [7, 11) is -3.90. The molecule has 0 amide bonds. The van der Waals surface area contributed by atoms with E-state index in [0.717, 1.165) is 38.9 Å². The minimum Gasteiger partial charge on any atom is -0.231 e. The molecule has 0 radical (unpaired) electrons. The lowest BCUT2D eigenvalue weighted by atomic mass is 9.95. The smallest absolute Gasteiger partial charge is 0.231 e. The Morgan fingerprint density at radius 3 is 2.00 bits per heavy atom. The fourth-order valence-corrected chi connectivity index (χ4v) is 4.95. The number of fused-ring (bicyclic) bond motifs is 1. The number of rotatable bonds is 7. The molecule has 0 fully saturated rings. The lowest BCUT2D eigenvalue weighted by Crippen LogP contribution is -2.28. The van der Waals surface area contributed by atoms with Crippen LogP contribution in [0.3, 0.4) is 0 Å². The molecule has 37 heavy (non-hydrogen) atoms. The number of sulfonamides is 1. The third kappa shape index (κ3) is 5.15. The van der Waals surface area contributed by atoms with Crippen LogP contribution in [0.2, 0.25) is 0 Å². The normalized spacial score (nSPS) is 13.0. The maximum absolute atomic E-state index is 13.2. The second-order valence-electron chi connectivity index (χ2n) is 9.11. The molecule has 0 spiro atoms. The monoisotopic (exact) mass is 509 g/mol. The van der Waals surface area contributed by atoms with Gasteiger partial charge in [-0.1, -0.05) is 94.7 Å². The van der Waals surface area contributed by atoms with Crippen LogP contribution in [0.4, 0.5) is 0 Å². The Kier molecular flexibility index (Phi) is 6.58. The molecular formula is C29H27N5O2S. The second-order valence-corrected chi connectivity index (χ2v) is 10.8. The van der Waals surface area contributed by atoms with Gasteiger partial charge in [0.2, 0.25) is 0 Å². The molecule has 0 aliphatic rings. The fraction of sp³-hybridized carbons (Fsp3) is 0.138. The quantitative estimate of drug-likeness (QED) is 0.237. The van der Waals surface area contributed by atoms with E-state index in [-0.39, 0.29) is 4.90 Å². The first-order valence-electron chi connectivity index (χ1n) is 11.9. The summed E-state index contributed by atoms with van der Waals surface area (Å²) in [6.07, 6.45) is 0. The van der Waals surface area contributed by atoms with Crippen molar-refractivity contribution in [2.75, 3.05) is 0 Å². The summed E-state index contributed by atoms with van der Waals surface area (Å²) in [5, 5.41) is 13.4. The average Bonchev–Trinajstić information content (AvgIpc) is 3.32. The van der Waals surface area contributed by atoms with E-state index in [0.29, 0.717) is 5.71 Å². The molecule has 1 heterocycles. The molecule has 4 aromatic carbocycles. The van der Waals surface area contributed by atoms with E-state index in [1.54, 1.807) is 28.9 Å². The van der Waals surface area contributed by atoms with E-state index < -0.39 is 16.1 Å². The Morgan fingerprint density at radius 2 is 1.35 bits per heavy atom. The summed E-state index contributed by atoms with van der Waals surface area (Å²) < 4.78 is 28.2. The third-order valence-corrected chi connectivity index (χ3v) is 7.46. The summed E-state index contributed by atoms with van der Waals surface area (Å²) >= 11 is 0. The highest BCUT2D eigenvalue weighted by molar-refractivity contribution is 7.89. The molecule has 5 aromatic rings. The van der Waals surface area contributed by atoms with Crippen molar-refractivity contribution in [1.29, 1.82) is 0 Å². The maximum Gasteiger partial charge on any atom is 0.276 e. The number of hydrogen-bond donors (Lipinski definition) is 1. The van der Waals surface area contributed by atoms with Crippen LogP contribution in [0.15, 0.2) is 107 Å². The van der Waals surface area contributed by atoms with E-state index >= 15 is 0 Å². The van der Waals surface area contributed by atoms with Crippen molar-refractivity contribution in [2.45, 2.75) is 31.7 Å². The Labute approximate surface area is 216 Å². The van der Waals surface area contributed by atoms with Crippen LogP contribution in [0.25, 0.3) is 11.0 Å². The van der Waals surface area contributed by atoms with Gasteiger partial charge in [0.15, 0.2) is 0 Å². The number of nitrogens with zero attached hydrogens (tertiary/aromatic N) is 4. The number of aromatic nitrogens is 3. The van der Waals surface area contributed by atoms with Gasteiger partial charge in [-0.2, -0.15) is 18.4 Å². The fourth-order valence-electron chi connectivity index (χ4n) is 4.13. The summed E-state index contributed by atoms with van der Waals surface area (Å²) in [5.41, 5.74) is 6.88. The van der Waals surface area contributed by atoms with Crippen LogP contribution in [-0.2, 0) is 10.0 Å². The van der Waals surface area contributed by atoms with E-state index in [2.05, 4.69) is 20.2 Å². The first-order chi connectivity index (χ1) is 17.8. The SMILES string of the molecule is Cc1ccc(/C(=N\NS(=O)(=O)c2ccc(C)cc2)C(c2ccc(C)cc2)n2nnc3ccccc32)cc1. The van der Waals surface area contributed by atoms with E-state index in [1.165, 1.54) is 0 Å². The number of aryl methyl sites for hydroxylation is 3. The molecule has 186 valence electrons. The Bertz CT molecular complexity index is 1670. The van der Waals surface area contributed by atoms with E-state index in [1.807, 2.05) is 93.6 Å². The standard InChI is InChI=1S/C29H27N5O2S/c1-20-8-14-23(15-9-20)28(31-33-37(35,36)25-18-12-22(3)13-19-25)29(24-16-10-21(2)11-17-24)34-27-7-5-4-6-26(27)30-32-34/h4-19,29,33H,1-3H3/b31-28+. The number of para-hydroxylation sites is 1. The minimum absolute atomic E-state index is 0.142. The van der Waals surface area contributed by atoms with E-state index in [9.17, 15) is 8.42 Å². The minimum atomic E-state index is -3.90. The van der Waals surface area contributed by atoms with Gasteiger partial charge in [-0.3, -0.25) is 0 Å². The van der Waals surface area contributed by atoms with Gasteiger partial charge in [-0.15, -0.1) is 5.10 Å². The van der Waals surface area contributed by atoms with Crippen molar-refractivity contribution >= 4 is 26.8 Å². The number of hydrogen-bond acceptors (Lipinski definition) is 5. The van der Waals surface area contributed by atoms with Gasteiger partial charge in [0.1, 0.15) is 11.6 Å². The zero-order valence-corrected chi connectivity index (χ0v) is 21.6. The van der Waals surface area contributed by atoms with Crippen molar-refractivity contribution < 1.29 is 8.42 Å². The molecule has 7 nitrogen and oxygen atoms in total. The van der Waals surface area contributed by atoms with Gasteiger partial charge >= 0.3 is 0 Å². The van der Waals surface area contributed by atoms with Crippen LogP contribution >= 0.6 is 0 Å². The first kappa shape index (κ1) is 24.4. The zero-order valence-electron chi connectivity index (χ0n) is 20.8. The van der Waals surface area contributed by atoms with Crippen LogP contribution in [0, 0.1) is 20.8 Å². The van der Waals surface area contributed by atoms with Crippen LogP contribution in [-0.4, -0.2) is 29.1 Å². The maximum atomic E-state index is 13.2. The molecule has 1 N–H and O–H groups in total. The lowest BCUT2D eigenvalue weighted by Gasteiger charge is -2.22. The first-order valence-corrected chi connectivity index (χ1v) is 13.4. The van der Waals surface area contributed by atoms with Crippen molar-refractivity contribution in [2.24, 2.45) is 5.10 Å². The largest absolute Gasteiger partial charge is 0.276 e. The molecule has 0 aliphatic carbocycles. The molecule has 0 saturated carbocycles. The Morgan fingerprint density at radius 1 is 0.784 bits per heavy atom. The second kappa shape index (κ2) is 9.99. The highest BCUT2D eigenvalue weighted by Gasteiger charge is 2.26. The van der Waals surface area contributed by atoms with Crippen molar-refractivity contribution in [3.8, 4) is 0 Å². The average molecular weight is 510 g/mol. The molecule has 1 unspecified atom stereocenters. The molecule has 8 heteroatoms. The molecule has 1 atom stereocenters. The van der Waals surface area contributed by atoms with Gasteiger partial charge < -0.3 is 0 Å². The number of hydrazone groups is 1. The molecule has 0 aliphatic heterocycles. The topological polar surface area (TPSA) is 89.2 Å². The third-order valence-electron chi connectivity index (χ3n) is 6.24. The van der Waals surface area contributed by atoms with Crippen LogP contribution < -0.4 is 4.83 Å². The van der Waals surface area contributed by atoms with Crippen LogP contribution in [0.5, 0.6) is 0 Å². The number of benzene rings is 4. The zero-order chi connectivity index (χ0) is 26.0. The summed E-state index contributed by atoms with van der Waals surface area (Å²) in [5.74, 6) is 0. The summed E-state index contributed by atoms with van der Waals surface area (Å²) in [6.45, 7) is 5.93. The van der Waals surface area contributed by atoms with Gasteiger partial charge in [0.05, 0.1) is 16.1 Å². The Balaban J connectivity index is 1.70. The highest BCUT2D eigenvalue weighted by Crippen LogP contribution is 2.27. The Hall–Kier alpha value is -4.30. The predicted octanol–water partition coefficient (Wildman–Crippen LogP) is 5.33.